The Morgan fingerprint density at radius 1 is 1.05 bits per heavy atom. The molecule has 2 aromatic rings. The molecule has 0 bridgehead atoms. The summed E-state index contributed by atoms with van der Waals surface area (Å²) >= 11 is 0. The van der Waals surface area contributed by atoms with Crippen LogP contribution in [-0.4, -0.2) is 12.7 Å². The molecular weight excluding hydrogens is 262 g/mol. The average Bonchev–Trinajstić information content (AvgIpc) is 2.50. The van der Waals surface area contributed by atoms with Crippen LogP contribution in [0.5, 0.6) is 0 Å². The predicted molar refractivity (Wildman–Crippen MR) is 85.4 cm³/mol. The lowest BCUT2D eigenvalue weighted by Gasteiger charge is -2.05. The minimum absolute atomic E-state index is 0.268. The van der Waals surface area contributed by atoms with Gasteiger partial charge < -0.3 is 4.74 Å². The first-order valence-electron chi connectivity index (χ1n) is 6.93. The fourth-order valence-corrected chi connectivity index (χ4v) is 1.82. The third kappa shape index (κ3) is 5.53. The standard InChI is InChI=1S/C18H19NO2/c1-15-10-12-17(13-11-15)19-18(20)21-14-6-5-9-16-7-3-2-4-8-16/h2-8,10-13H,9,14H2,1H3,(H,19,20)/b6-5+. The lowest BCUT2D eigenvalue weighted by atomic mass is 10.1. The van der Waals surface area contributed by atoms with Gasteiger partial charge in [-0.15, -0.1) is 0 Å². The Morgan fingerprint density at radius 2 is 1.76 bits per heavy atom. The number of anilines is 1. The monoisotopic (exact) mass is 281 g/mol. The second-order valence-corrected chi connectivity index (χ2v) is 4.75. The van der Waals surface area contributed by atoms with Gasteiger partial charge in [0, 0.05) is 5.69 Å². The van der Waals surface area contributed by atoms with Gasteiger partial charge >= 0.3 is 6.09 Å². The molecule has 0 saturated carbocycles. The number of nitrogens with one attached hydrogen (secondary N) is 1. The molecule has 3 heteroatoms. The summed E-state index contributed by atoms with van der Waals surface area (Å²) in [6.07, 6.45) is 4.24. The number of amides is 1. The zero-order valence-corrected chi connectivity index (χ0v) is 12.1. The van der Waals surface area contributed by atoms with E-state index in [1.807, 2.05) is 61.5 Å². The van der Waals surface area contributed by atoms with Crippen LogP contribution >= 0.6 is 0 Å². The zero-order chi connectivity index (χ0) is 14.9. The third-order valence-electron chi connectivity index (χ3n) is 2.97. The van der Waals surface area contributed by atoms with Crippen LogP contribution in [0.25, 0.3) is 0 Å². The van der Waals surface area contributed by atoms with Gasteiger partial charge in [0.2, 0.25) is 0 Å². The first-order valence-corrected chi connectivity index (χ1v) is 6.93. The molecule has 3 nitrogen and oxygen atoms in total. The maximum atomic E-state index is 11.6. The van der Waals surface area contributed by atoms with Crippen molar-refractivity contribution in [1.29, 1.82) is 0 Å². The van der Waals surface area contributed by atoms with Crippen molar-refractivity contribution in [2.24, 2.45) is 0 Å². The molecule has 0 fully saturated rings. The van der Waals surface area contributed by atoms with Gasteiger partial charge in [0.05, 0.1) is 0 Å². The summed E-state index contributed by atoms with van der Waals surface area (Å²) in [4.78, 5) is 11.6. The number of carbonyl (C=O) groups excluding carboxylic acids is 1. The van der Waals surface area contributed by atoms with E-state index in [0.717, 1.165) is 17.7 Å². The summed E-state index contributed by atoms with van der Waals surface area (Å²) in [6, 6.07) is 17.7. The molecule has 0 saturated heterocycles. The molecule has 1 N–H and O–H groups in total. The van der Waals surface area contributed by atoms with Crippen LogP contribution in [-0.2, 0) is 11.2 Å². The molecule has 0 atom stereocenters. The zero-order valence-electron chi connectivity index (χ0n) is 12.1. The van der Waals surface area contributed by atoms with Crippen molar-refractivity contribution >= 4 is 11.8 Å². The molecule has 0 radical (unpaired) electrons. The van der Waals surface area contributed by atoms with E-state index in [2.05, 4.69) is 17.4 Å². The van der Waals surface area contributed by atoms with E-state index in [1.165, 1.54) is 5.56 Å². The largest absolute Gasteiger partial charge is 0.445 e. The van der Waals surface area contributed by atoms with Crippen LogP contribution < -0.4 is 5.32 Å². The maximum absolute atomic E-state index is 11.6. The van der Waals surface area contributed by atoms with Gasteiger partial charge in [-0.1, -0.05) is 60.2 Å². The van der Waals surface area contributed by atoms with Gasteiger partial charge in [-0.2, -0.15) is 0 Å². The van der Waals surface area contributed by atoms with Crippen LogP contribution in [0, 0.1) is 6.92 Å². The molecule has 2 rings (SSSR count). The van der Waals surface area contributed by atoms with E-state index >= 15 is 0 Å². The topological polar surface area (TPSA) is 38.3 Å². The van der Waals surface area contributed by atoms with Crippen molar-refractivity contribution in [1.82, 2.24) is 0 Å². The first kappa shape index (κ1) is 14.9. The molecule has 0 spiro atoms. The molecule has 0 aliphatic rings. The Bertz CT molecular complexity index is 588. The van der Waals surface area contributed by atoms with E-state index in [4.69, 9.17) is 4.74 Å². The van der Waals surface area contributed by atoms with Crippen molar-refractivity contribution in [2.45, 2.75) is 13.3 Å². The SMILES string of the molecule is Cc1ccc(NC(=O)OC/C=C/Cc2ccccc2)cc1. The van der Waals surface area contributed by atoms with Gasteiger partial charge in [0.25, 0.3) is 0 Å². The molecule has 0 unspecified atom stereocenters. The Labute approximate surface area is 125 Å². The van der Waals surface area contributed by atoms with Gasteiger partial charge in [-0.05, 0) is 31.0 Å². The van der Waals surface area contributed by atoms with Gasteiger partial charge in [0.15, 0.2) is 0 Å². The fourth-order valence-electron chi connectivity index (χ4n) is 1.82. The van der Waals surface area contributed by atoms with Gasteiger partial charge in [-0.3, -0.25) is 5.32 Å². The molecule has 0 aromatic heterocycles. The Kier molecular flexibility index (Phi) is 5.59. The Hall–Kier alpha value is -2.55. The summed E-state index contributed by atoms with van der Waals surface area (Å²) in [5, 5.41) is 2.68. The van der Waals surface area contributed by atoms with Crippen LogP contribution in [0.2, 0.25) is 0 Å². The van der Waals surface area contributed by atoms with E-state index in [9.17, 15) is 4.79 Å². The molecule has 21 heavy (non-hydrogen) atoms. The van der Waals surface area contributed by atoms with Crippen LogP contribution in [0.1, 0.15) is 11.1 Å². The van der Waals surface area contributed by atoms with Gasteiger partial charge in [0.1, 0.15) is 6.61 Å². The fraction of sp³-hybridized carbons (Fsp3) is 0.167. The number of aryl methyl sites for hydroxylation is 1. The minimum Gasteiger partial charge on any atom is -0.445 e. The second-order valence-electron chi connectivity index (χ2n) is 4.75. The highest BCUT2D eigenvalue weighted by atomic mass is 16.5. The number of hydrogen-bond donors (Lipinski definition) is 1. The molecule has 0 heterocycles. The number of ether oxygens (including phenoxy) is 1. The number of allylic oxidation sites excluding steroid dienone is 1. The number of carbonyl (C=O) groups is 1. The second kappa shape index (κ2) is 7.90. The van der Waals surface area contributed by atoms with Crippen LogP contribution in [0.3, 0.4) is 0 Å². The Balaban J connectivity index is 1.68. The van der Waals surface area contributed by atoms with E-state index in [0.29, 0.717) is 0 Å². The molecule has 108 valence electrons. The van der Waals surface area contributed by atoms with Crippen molar-refractivity contribution in [3.05, 3.63) is 77.9 Å². The lowest BCUT2D eigenvalue weighted by Crippen LogP contribution is -2.13. The molecule has 1 amide bonds. The number of rotatable bonds is 5. The van der Waals surface area contributed by atoms with Crippen molar-refractivity contribution < 1.29 is 9.53 Å². The molecule has 0 aliphatic heterocycles. The minimum atomic E-state index is -0.441. The van der Waals surface area contributed by atoms with Crippen molar-refractivity contribution in [3.63, 3.8) is 0 Å². The van der Waals surface area contributed by atoms with Crippen molar-refractivity contribution in [3.8, 4) is 0 Å². The van der Waals surface area contributed by atoms with Crippen LogP contribution in [0.15, 0.2) is 66.7 Å². The highest BCUT2D eigenvalue weighted by Crippen LogP contribution is 2.08. The molecular formula is C18H19NO2. The van der Waals surface area contributed by atoms with E-state index < -0.39 is 6.09 Å². The summed E-state index contributed by atoms with van der Waals surface area (Å²) in [5.74, 6) is 0. The normalized spacial score (nSPS) is 10.5. The van der Waals surface area contributed by atoms with Crippen LogP contribution in [0.4, 0.5) is 10.5 Å². The van der Waals surface area contributed by atoms with E-state index in [1.54, 1.807) is 0 Å². The van der Waals surface area contributed by atoms with E-state index in [-0.39, 0.29) is 6.61 Å². The molecule has 2 aromatic carbocycles. The maximum Gasteiger partial charge on any atom is 0.411 e. The summed E-state index contributed by atoms with van der Waals surface area (Å²) < 4.78 is 5.08. The highest BCUT2D eigenvalue weighted by Gasteiger charge is 2.00. The summed E-state index contributed by atoms with van der Waals surface area (Å²) in [5.41, 5.74) is 3.12. The summed E-state index contributed by atoms with van der Waals surface area (Å²) in [6.45, 7) is 2.27. The van der Waals surface area contributed by atoms with Gasteiger partial charge in [-0.25, -0.2) is 4.79 Å². The predicted octanol–water partition coefficient (Wildman–Crippen LogP) is 4.34. The highest BCUT2D eigenvalue weighted by molar-refractivity contribution is 5.84. The third-order valence-corrected chi connectivity index (χ3v) is 2.97. The number of hydrogen-bond acceptors (Lipinski definition) is 2. The Morgan fingerprint density at radius 3 is 2.48 bits per heavy atom. The molecule has 0 aliphatic carbocycles. The number of benzene rings is 2. The smallest absolute Gasteiger partial charge is 0.411 e. The average molecular weight is 281 g/mol. The summed E-state index contributed by atoms with van der Waals surface area (Å²) in [7, 11) is 0. The first-order chi connectivity index (χ1) is 10.2. The lowest BCUT2D eigenvalue weighted by molar-refractivity contribution is 0.174. The van der Waals surface area contributed by atoms with Crippen molar-refractivity contribution in [2.75, 3.05) is 11.9 Å². The quantitative estimate of drug-likeness (QED) is 0.828.